The molecule has 3 nitrogen and oxygen atoms in total. The van der Waals surface area contributed by atoms with Crippen LogP contribution >= 0.6 is 0 Å². The van der Waals surface area contributed by atoms with Crippen LogP contribution in [0.3, 0.4) is 0 Å². The van der Waals surface area contributed by atoms with Crippen LogP contribution in [0.2, 0.25) is 0 Å². The zero-order chi connectivity index (χ0) is 16.4. The molecule has 0 saturated carbocycles. The van der Waals surface area contributed by atoms with E-state index < -0.39 is 5.82 Å². The first-order valence-electron chi connectivity index (χ1n) is 7.49. The third kappa shape index (κ3) is 1.80. The predicted octanol–water partition coefficient (Wildman–Crippen LogP) is 4.11. The molecule has 0 amide bonds. The number of nitrogens with zero attached hydrogens (tertiary/aromatic N) is 1. The van der Waals surface area contributed by atoms with Gasteiger partial charge >= 0.3 is 0 Å². The van der Waals surface area contributed by atoms with Gasteiger partial charge in [-0.1, -0.05) is 19.9 Å². The number of phenols is 1. The van der Waals surface area contributed by atoms with E-state index in [0.29, 0.717) is 6.42 Å². The van der Waals surface area contributed by atoms with Crippen LogP contribution in [0.4, 0.5) is 4.39 Å². The number of fused-ring (bicyclic) bond motifs is 4. The van der Waals surface area contributed by atoms with Crippen molar-refractivity contribution in [2.75, 3.05) is 0 Å². The van der Waals surface area contributed by atoms with E-state index in [1.165, 1.54) is 6.07 Å². The predicted molar refractivity (Wildman–Crippen MR) is 86.0 cm³/mol. The normalized spacial score (nSPS) is 15.0. The Morgan fingerprint density at radius 2 is 2.04 bits per heavy atom. The Morgan fingerprint density at radius 3 is 2.78 bits per heavy atom. The summed E-state index contributed by atoms with van der Waals surface area (Å²) >= 11 is 0. The lowest BCUT2D eigenvalue weighted by atomic mass is 9.72. The molecule has 0 spiro atoms. The average molecular weight is 306 g/mol. The number of aromatic hydroxyl groups is 1. The maximum Gasteiger partial charge on any atom is 0.141 e. The Balaban J connectivity index is 2.04. The molecule has 4 rings (SSSR count). The maximum absolute atomic E-state index is 14.0. The van der Waals surface area contributed by atoms with E-state index in [1.54, 1.807) is 18.2 Å². The molecule has 0 fully saturated rings. The topological polar surface area (TPSA) is 59.8 Å². The van der Waals surface area contributed by atoms with E-state index in [9.17, 15) is 9.50 Å². The second-order valence-electron chi connectivity index (χ2n) is 6.61. The molecule has 1 aromatic heterocycles. The maximum atomic E-state index is 14.0. The van der Waals surface area contributed by atoms with Crippen LogP contribution in [0.15, 0.2) is 30.3 Å². The molecular formula is C19H15FN2O. The Hall–Kier alpha value is -2.80. The Morgan fingerprint density at radius 1 is 1.26 bits per heavy atom. The van der Waals surface area contributed by atoms with Crippen molar-refractivity contribution in [1.82, 2.24) is 4.98 Å². The van der Waals surface area contributed by atoms with E-state index in [4.69, 9.17) is 5.26 Å². The van der Waals surface area contributed by atoms with Gasteiger partial charge in [0.05, 0.1) is 5.56 Å². The molecule has 2 N–H and O–H groups in total. The summed E-state index contributed by atoms with van der Waals surface area (Å²) in [4.78, 5) is 3.37. The molecular weight excluding hydrogens is 291 g/mol. The van der Waals surface area contributed by atoms with Gasteiger partial charge < -0.3 is 10.1 Å². The summed E-state index contributed by atoms with van der Waals surface area (Å²) < 4.78 is 14.0. The van der Waals surface area contributed by atoms with Gasteiger partial charge in [0.2, 0.25) is 0 Å². The van der Waals surface area contributed by atoms with Crippen molar-refractivity contribution in [2.24, 2.45) is 0 Å². The lowest BCUT2D eigenvalue weighted by molar-refractivity contribution is 0.470. The highest BCUT2D eigenvalue weighted by molar-refractivity contribution is 5.88. The van der Waals surface area contributed by atoms with Crippen LogP contribution in [-0.4, -0.2) is 10.1 Å². The number of aromatic amines is 1. The van der Waals surface area contributed by atoms with Crippen molar-refractivity contribution in [3.8, 4) is 11.8 Å². The fourth-order valence-electron chi connectivity index (χ4n) is 3.70. The molecule has 0 unspecified atom stereocenters. The largest absolute Gasteiger partial charge is 0.508 e. The Kier molecular flexibility index (Phi) is 2.62. The van der Waals surface area contributed by atoms with Gasteiger partial charge in [-0.25, -0.2) is 4.39 Å². The molecule has 4 heteroatoms. The third-order valence-electron chi connectivity index (χ3n) is 4.87. The van der Waals surface area contributed by atoms with Gasteiger partial charge in [-0.15, -0.1) is 0 Å². The second-order valence-corrected chi connectivity index (χ2v) is 6.61. The Bertz CT molecular complexity index is 1010. The number of H-pyrrole nitrogens is 1. The lowest BCUT2D eigenvalue weighted by Crippen LogP contribution is -2.26. The van der Waals surface area contributed by atoms with Crippen molar-refractivity contribution in [1.29, 1.82) is 5.26 Å². The quantitative estimate of drug-likeness (QED) is 0.656. The Labute approximate surface area is 133 Å². The molecule has 1 aliphatic carbocycles. The molecule has 3 aromatic rings. The van der Waals surface area contributed by atoms with Crippen molar-refractivity contribution in [2.45, 2.75) is 25.7 Å². The monoisotopic (exact) mass is 306 g/mol. The second kappa shape index (κ2) is 4.36. The van der Waals surface area contributed by atoms with Crippen molar-refractivity contribution < 1.29 is 9.50 Å². The summed E-state index contributed by atoms with van der Waals surface area (Å²) in [5.74, 6) is -0.245. The number of benzene rings is 2. The summed E-state index contributed by atoms with van der Waals surface area (Å²) in [5, 5.41) is 19.7. The minimum atomic E-state index is -0.490. The fraction of sp³-hybridized carbons (Fsp3) is 0.211. The molecule has 0 saturated heterocycles. The number of nitrogens with one attached hydrogen (secondary N) is 1. The van der Waals surface area contributed by atoms with E-state index in [-0.39, 0.29) is 16.7 Å². The standard InChI is InChI=1S/C19H15FN2O/c1-19(2)15-7-12(23)4-3-10(15)5-14-13-8-16(20)11(9-21)6-17(13)22-18(14)19/h3-4,6-8,22-23H,5H2,1-2H3. The highest BCUT2D eigenvalue weighted by Crippen LogP contribution is 2.44. The third-order valence-corrected chi connectivity index (χ3v) is 4.87. The van der Waals surface area contributed by atoms with Gasteiger partial charge in [-0.3, -0.25) is 0 Å². The van der Waals surface area contributed by atoms with Crippen molar-refractivity contribution >= 4 is 10.9 Å². The molecule has 1 aliphatic rings. The molecule has 2 aromatic carbocycles. The lowest BCUT2D eigenvalue weighted by Gasteiger charge is -2.33. The van der Waals surface area contributed by atoms with E-state index in [2.05, 4.69) is 18.8 Å². The first kappa shape index (κ1) is 13.8. The number of hydrogen-bond acceptors (Lipinski definition) is 2. The van der Waals surface area contributed by atoms with Gasteiger partial charge in [-0.05, 0) is 41.0 Å². The SMILES string of the molecule is CC1(C)c2cc(O)ccc2Cc2c1[nH]c1cc(C#N)c(F)cc21. The smallest absolute Gasteiger partial charge is 0.141 e. The first-order valence-corrected chi connectivity index (χ1v) is 7.49. The zero-order valence-electron chi connectivity index (χ0n) is 12.9. The van der Waals surface area contributed by atoms with Gasteiger partial charge in [0.25, 0.3) is 0 Å². The molecule has 0 bridgehead atoms. The molecule has 0 atom stereocenters. The zero-order valence-corrected chi connectivity index (χ0v) is 12.9. The minimum absolute atomic E-state index is 0.0454. The highest BCUT2D eigenvalue weighted by atomic mass is 19.1. The van der Waals surface area contributed by atoms with Crippen molar-refractivity contribution in [3.05, 3.63) is 64.1 Å². The van der Waals surface area contributed by atoms with E-state index in [0.717, 1.165) is 33.3 Å². The molecule has 114 valence electrons. The highest BCUT2D eigenvalue weighted by Gasteiger charge is 2.35. The fourth-order valence-corrected chi connectivity index (χ4v) is 3.70. The summed E-state index contributed by atoms with van der Waals surface area (Å²) in [6.07, 6.45) is 0.680. The van der Waals surface area contributed by atoms with E-state index in [1.807, 2.05) is 12.1 Å². The average Bonchev–Trinajstić information content (AvgIpc) is 2.86. The number of halogens is 1. The number of aromatic nitrogens is 1. The summed E-state index contributed by atoms with van der Waals surface area (Å²) in [5.41, 5.74) is 4.77. The molecule has 0 aliphatic heterocycles. The first-order chi connectivity index (χ1) is 10.9. The van der Waals surface area contributed by atoms with Crippen molar-refractivity contribution in [3.63, 3.8) is 0 Å². The molecule has 0 radical (unpaired) electrons. The number of nitriles is 1. The minimum Gasteiger partial charge on any atom is -0.508 e. The van der Waals surface area contributed by atoms with Crippen LogP contribution in [0.25, 0.3) is 10.9 Å². The summed E-state index contributed by atoms with van der Waals surface area (Å²) in [6, 6.07) is 10.3. The molecule has 23 heavy (non-hydrogen) atoms. The van der Waals surface area contributed by atoms with Crippen LogP contribution in [0.1, 0.15) is 41.8 Å². The van der Waals surface area contributed by atoms with Crippen LogP contribution in [0, 0.1) is 17.1 Å². The van der Waals surface area contributed by atoms with Gasteiger partial charge in [0, 0.05) is 28.4 Å². The van der Waals surface area contributed by atoms with Crippen LogP contribution < -0.4 is 0 Å². The molecule has 1 heterocycles. The van der Waals surface area contributed by atoms with E-state index >= 15 is 0 Å². The van der Waals surface area contributed by atoms with Gasteiger partial charge in [0.15, 0.2) is 0 Å². The summed E-state index contributed by atoms with van der Waals surface area (Å²) in [6.45, 7) is 4.17. The van der Waals surface area contributed by atoms with Crippen LogP contribution in [0.5, 0.6) is 5.75 Å². The van der Waals surface area contributed by atoms with Gasteiger partial charge in [0.1, 0.15) is 17.6 Å². The number of rotatable bonds is 0. The number of hydrogen-bond donors (Lipinski definition) is 2. The number of phenolic OH excluding ortho intramolecular Hbond substituents is 1. The van der Waals surface area contributed by atoms with Gasteiger partial charge in [-0.2, -0.15) is 5.26 Å². The van der Waals surface area contributed by atoms with Crippen LogP contribution in [-0.2, 0) is 11.8 Å². The summed E-state index contributed by atoms with van der Waals surface area (Å²) in [7, 11) is 0.